The van der Waals surface area contributed by atoms with E-state index in [9.17, 15) is 0 Å². The lowest BCUT2D eigenvalue weighted by Crippen LogP contribution is -2.19. The van der Waals surface area contributed by atoms with Crippen molar-refractivity contribution in [3.63, 3.8) is 0 Å². The van der Waals surface area contributed by atoms with Crippen LogP contribution in [0, 0.1) is 13.8 Å². The molecule has 4 nitrogen and oxygen atoms in total. The zero-order valence-corrected chi connectivity index (χ0v) is 13.0. The minimum atomic E-state index is 0.324. The first-order chi connectivity index (χ1) is 9.09. The third-order valence-electron chi connectivity index (χ3n) is 3.07. The average Bonchev–Trinajstić information content (AvgIpc) is 2.84. The minimum Gasteiger partial charge on any atom is -0.379 e. The Morgan fingerprint density at radius 2 is 2.21 bits per heavy atom. The zero-order chi connectivity index (χ0) is 13.8. The van der Waals surface area contributed by atoms with Gasteiger partial charge in [-0.25, -0.2) is 4.98 Å². The Hall–Kier alpha value is -0.910. The molecule has 0 atom stereocenters. The Balaban J connectivity index is 1.84. The summed E-state index contributed by atoms with van der Waals surface area (Å²) >= 11 is 1.70. The maximum atomic E-state index is 5.52. The van der Waals surface area contributed by atoms with E-state index in [4.69, 9.17) is 4.74 Å². The van der Waals surface area contributed by atoms with Gasteiger partial charge < -0.3 is 10.1 Å². The summed E-state index contributed by atoms with van der Waals surface area (Å²) in [4.78, 5) is 5.68. The van der Waals surface area contributed by atoms with E-state index >= 15 is 0 Å². The highest BCUT2D eigenvalue weighted by Gasteiger charge is 2.11. The number of thiazole rings is 1. The number of aromatic nitrogens is 2. The number of nitrogens with one attached hydrogen (secondary N) is 1. The van der Waals surface area contributed by atoms with Crippen LogP contribution >= 0.6 is 11.3 Å². The number of rotatable bonds is 7. The lowest BCUT2D eigenvalue weighted by Gasteiger charge is -2.08. The highest BCUT2D eigenvalue weighted by molar-refractivity contribution is 7.15. The van der Waals surface area contributed by atoms with Crippen molar-refractivity contribution >= 4 is 16.3 Å². The molecule has 0 aliphatic heterocycles. The molecule has 0 radical (unpaired) electrons. The van der Waals surface area contributed by atoms with Crippen molar-refractivity contribution in [2.24, 2.45) is 0 Å². The molecule has 0 unspecified atom stereocenters. The molecular formula is C14H23N3OS. The Labute approximate surface area is 118 Å². The van der Waals surface area contributed by atoms with Crippen LogP contribution in [0.4, 0.5) is 0 Å². The van der Waals surface area contributed by atoms with Crippen molar-refractivity contribution in [3.8, 4) is 0 Å². The average molecular weight is 281 g/mol. The van der Waals surface area contributed by atoms with E-state index in [2.05, 4.69) is 47.8 Å². The second kappa shape index (κ2) is 6.50. The number of hydrogen-bond donors (Lipinski definition) is 1. The van der Waals surface area contributed by atoms with Crippen LogP contribution in [0.15, 0.2) is 5.38 Å². The number of aryl methyl sites for hydroxylation is 2. The summed E-state index contributed by atoms with van der Waals surface area (Å²) in [5.74, 6) is 0. The van der Waals surface area contributed by atoms with Crippen LogP contribution in [0.3, 0.4) is 0 Å². The van der Waals surface area contributed by atoms with E-state index in [1.54, 1.807) is 11.3 Å². The molecule has 0 aliphatic carbocycles. The normalized spacial score (nSPS) is 11.8. The third-order valence-corrected chi connectivity index (χ3v) is 4.01. The van der Waals surface area contributed by atoms with Crippen molar-refractivity contribution in [1.82, 2.24) is 14.7 Å². The number of nitrogens with zero attached hydrogens (tertiary/aromatic N) is 2. The maximum absolute atomic E-state index is 5.52. The van der Waals surface area contributed by atoms with Crippen LogP contribution < -0.4 is 5.32 Å². The van der Waals surface area contributed by atoms with Gasteiger partial charge in [0.1, 0.15) is 0 Å². The summed E-state index contributed by atoms with van der Waals surface area (Å²) in [7, 11) is 0. The van der Waals surface area contributed by atoms with Crippen molar-refractivity contribution < 1.29 is 4.74 Å². The predicted octanol–water partition coefficient (Wildman–Crippen LogP) is 2.92. The van der Waals surface area contributed by atoms with E-state index in [0.29, 0.717) is 6.10 Å². The molecule has 2 rings (SSSR count). The number of imidazole rings is 1. The van der Waals surface area contributed by atoms with E-state index in [1.807, 2.05) is 0 Å². The lowest BCUT2D eigenvalue weighted by atomic mass is 10.3. The largest absolute Gasteiger partial charge is 0.379 e. The van der Waals surface area contributed by atoms with Gasteiger partial charge in [-0.1, -0.05) is 0 Å². The summed E-state index contributed by atoms with van der Waals surface area (Å²) in [6, 6.07) is 0. The summed E-state index contributed by atoms with van der Waals surface area (Å²) in [6.45, 7) is 11.0. The van der Waals surface area contributed by atoms with Gasteiger partial charge in [-0.15, -0.1) is 11.3 Å². The molecular weight excluding hydrogens is 258 g/mol. The fourth-order valence-corrected chi connectivity index (χ4v) is 3.03. The summed E-state index contributed by atoms with van der Waals surface area (Å²) in [5, 5.41) is 5.63. The van der Waals surface area contributed by atoms with E-state index < -0.39 is 0 Å². The molecule has 0 fully saturated rings. The predicted molar refractivity (Wildman–Crippen MR) is 80.0 cm³/mol. The van der Waals surface area contributed by atoms with Gasteiger partial charge >= 0.3 is 0 Å². The van der Waals surface area contributed by atoms with Crippen molar-refractivity contribution in [2.45, 2.75) is 46.8 Å². The first-order valence-electron chi connectivity index (χ1n) is 6.84. The zero-order valence-electron chi connectivity index (χ0n) is 12.2. The monoisotopic (exact) mass is 281 g/mol. The van der Waals surface area contributed by atoms with Crippen LogP contribution in [0.5, 0.6) is 0 Å². The summed E-state index contributed by atoms with van der Waals surface area (Å²) in [6.07, 6.45) is 1.37. The maximum Gasteiger partial charge on any atom is 0.194 e. The highest BCUT2D eigenvalue weighted by Crippen LogP contribution is 2.20. The van der Waals surface area contributed by atoms with Crippen molar-refractivity contribution in [2.75, 3.05) is 13.2 Å². The SMILES string of the molecule is Cc1nc2scc(C)n2c1CNCCCOC(C)C. The molecule has 2 heterocycles. The van der Waals surface area contributed by atoms with E-state index in [1.165, 1.54) is 11.4 Å². The Morgan fingerprint density at radius 1 is 1.42 bits per heavy atom. The van der Waals surface area contributed by atoms with Crippen LogP contribution in [0.25, 0.3) is 4.96 Å². The minimum absolute atomic E-state index is 0.324. The molecule has 0 spiro atoms. The molecule has 0 saturated carbocycles. The quantitative estimate of drug-likeness (QED) is 0.793. The Morgan fingerprint density at radius 3 is 2.95 bits per heavy atom. The molecule has 19 heavy (non-hydrogen) atoms. The Kier molecular flexibility index (Phi) is 4.96. The standard InChI is InChI=1S/C14H23N3OS/c1-10(2)18-7-5-6-15-8-13-12(4)16-14-17(13)11(3)9-19-14/h9-10,15H,5-8H2,1-4H3. The van der Waals surface area contributed by atoms with Gasteiger partial charge in [0, 0.05) is 24.2 Å². The molecule has 106 valence electrons. The molecule has 0 amide bonds. The highest BCUT2D eigenvalue weighted by atomic mass is 32.1. The van der Waals surface area contributed by atoms with Crippen LogP contribution in [0.1, 0.15) is 37.4 Å². The van der Waals surface area contributed by atoms with Gasteiger partial charge in [0.05, 0.1) is 17.5 Å². The molecule has 2 aromatic heterocycles. The van der Waals surface area contributed by atoms with Crippen LogP contribution in [-0.2, 0) is 11.3 Å². The first kappa shape index (κ1) is 14.5. The summed E-state index contributed by atoms with van der Waals surface area (Å²) < 4.78 is 7.77. The van der Waals surface area contributed by atoms with Crippen LogP contribution in [0.2, 0.25) is 0 Å². The van der Waals surface area contributed by atoms with Crippen molar-refractivity contribution in [3.05, 3.63) is 22.5 Å². The van der Waals surface area contributed by atoms with Gasteiger partial charge in [-0.2, -0.15) is 0 Å². The molecule has 2 aromatic rings. The van der Waals surface area contributed by atoms with Gasteiger partial charge in [-0.3, -0.25) is 4.40 Å². The molecule has 0 aliphatic rings. The number of fused-ring (bicyclic) bond motifs is 1. The lowest BCUT2D eigenvalue weighted by molar-refractivity contribution is 0.0770. The topological polar surface area (TPSA) is 38.6 Å². The number of ether oxygens (including phenoxy) is 1. The van der Waals surface area contributed by atoms with Gasteiger partial charge in [0.2, 0.25) is 0 Å². The smallest absolute Gasteiger partial charge is 0.194 e. The van der Waals surface area contributed by atoms with Gasteiger partial charge in [-0.05, 0) is 40.7 Å². The fraction of sp³-hybridized carbons (Fsp3) is 0.643. The molecule has 1 N–H and O–H groups in total. The fourth-order valence-electron chi connectivity index (χ4n) is 2.10. The second-order valence-corrected chi connectivity index (χ2v) is 5.93. The summed E-state index contributed by atoms with van der Waals surface area (Å²) in [5.41, 5.74) is 3.67. The van der Waals surface area contributed by atoms with Gasteiger partial charge in [0.25, 0.3) is 0 Å². The molecule has 0 bridgehead atoms. The van der Waals surface area contributed by atoms with Crippen molar-refractivity contribution in [1.29, 1.82) is 0 Å². The molecule has 5 heteroatoms. The van der Waals surface area contributed by atoms with E-state index in [-0.39, 0.29) is 0 Å². The molecule has 0 aromatic carbocycles. The number of hydrogen-bond acceptors (Lipinski definition) is 4. The van der Waals surface area contributed by atoms with Crippen LogP contribution in [-0.4, -0.2) is 28.6 Å². The van der Waals surface area contributed by atoms with Gasteiger partial charge in [0.15, 0.2) is 4.96 Å². The second-order valence-electron chi connectivity index (χ2n) is 5.09. The first-order valence-corrected chi connectivity index (χ1v) is 7.72. The Bertz CT molecular complexity index is 530. The molecule has 0 saturated heterocycles. The third kappa shape index (κ3) is 3.55. The van der Waals surface area contributed by atoms with E-state index in [0.717, 1.165) is 36.8 Å².